The zero-order chi connectivity index (χ0) is 17.4. The largest absolute Gasteiger partial charge is 0.349 e. The summed E-state index contributed by atoms with van der Waals surface area (Å²) in [5.74, 6) is 1.42. The highest BCUT2D eigenvalue weighted by Crippen LogP contribution is 2.40. The Bertz CT molecular complexity index is 880. The third-order valence-electron chi connectivity index (χ3n) is 4.68. The van der Waals surface area contributed by atoms with Gasteiger partial charge in [-0.25, -0.2) is 4.98 Å². The number of nitrogens with zero attached hydrogens (tertiary/aromatic N) is 3. The Labute approximate surface area is 151 Å². The van der Waals surface area contributed by atoms with Crippen LogP contribution in [0.15, 0.2) is 41.9 Å². The predicted octanol–water partition coefficient (Wildman–Crippen LogP) is 3.31. The molecule has 0 bridgehead atoms. The van der Waals surface area contributed by atoms with E-state index in [0.29, 0.717) is 18.2 Å². The lowest BCUT2D eigenvalue weighted by molar-refractivity contribution is 0.0939. The van der Waals surface area contributed by atoms with Gasteiger partial charge in [0.05, 0.1) is 11.6 Å². The second-order valence-electron chi connectivity index (χ2n) is 6.75. The van der Waals surface area contributed by atoms with Crippen LogP contribution in [0.2, 0.25) is 0 Å². The third kappa shape index (κ3) is 3.19. The summed E-state index contributed by atoms with van der Waals surface area (Å²) in [5.41, 5.74) is 1.42. The molecule has 3 heterocycles. The van der Waals surface area contributed by atoms with Crippen LogP contribution in [0, 0.1) is 0 Å². The molecule has 0 saturated heterocycles. The number of hydrogen-bond donors (Lipinski definition) is 1. The van der Waals surface area contributed by atoms with Crippen molar-refractivity contribution in [2.75, 3.05) is 20.6 Å². The molecule has 1 fully saturated rings. The molecule has 1 N–H and O–H groups in total. The molecule has 0 radical (unpaired) electrons. The summed E-state index contributed by atoms with van der Waals surface area (Å²) >= 11 is 1.71. The number of hydrogen-bond acceptors (Lipinski definition) is 4. The molecule has 1 atom stereocenters. The maximum absolute atomic E-state index is 12.8. The molecule has 6 heteroatoms. The lowest BCUT2D eigenvalue weighted by atomic mass is 10.2. The number of carbonyl (C=O) groups is 1. The molecule has 1 aliphatic carbocycles. The average molecular weight is 354 g/mol. The van der Waals surface area contributed by atoms with Gasteiger partial charge in [0.2, 0.25) is 0 Å². The SMILES string of the molecule is CN(C)C(CNC(=O)c1nc(C2CC2)n2ccccc12)c1cccs1. The fourth-order valence-electron chi connectivity index (χ4n) is 3.15. The van der Waals surface area contributed by atoms with Gasteiger partial charge in [-0.15, -0.1) is 11.3 Å². The number of thiophene rings is 1. The molecule has 3 aromatic rings. The van der Waals surface area contributed by atoms with Crippen molar-refractivity contribution in [3.63, 3.8) is 0 Å². The zero-order valence-corrected chi connectivity index (χ0v) is 15.3. The first-order valence-electron chi connectivity index (χ1n) is 8.60. The number of fused-ring (bicyclic) bond motifs is 1. The molecule has 4 rings (SSSR count). The molecule has 1 amide bonds. The molecule has 130 valence electrons. The fourth-order valence-corrected chi connectivity index (χ4v) is 4.07. The average Bonchev–Trinajstić information content (AvgIpc) is 3.17. The smallest absolute Gasteiger partial charge is 0.272 e. The Balaban J connectivity index is 1.56. The topological polar surface area (TPSA) is 49.6 Å². The van der Waals surface area contributed by atoms with Gasteiger partial charge < -0.3 is 14.6 Å². The Morgan fingerprint density at radius 3 is 2.88 bits per heavy atom. The standard InChI is InChI=1S/C19H22N4OS/c1-22(2)15(16-7-5-11-25-16)12-20-19(24)17-14-6-3-4-10-23(14)18(21-17)13-8-9-13/h3-7,10-11,13,15H,8-9,12H2,1-2H3,(H,20,24). The van der Waals surface area contributed by atoms with E-state index >= 15 is 0 Å². The van der Waals surface area contributed by atoms with Crippen molar-refractivity contribution >= 4 is 22.8 Å². The first kappa shape index (κ1) is 16.3. The van der Waals surface area contributed by atoms with E-state index in [0.717, 1.165) is 24.2 Å². The highest BCUT2D eigenvalue weighted by Gasteiger charge is 2.30. The van der Waals surface area contributed by atoms with Crippen LogP contribution < -0.4 is 5.32 Å². The molecule has 25 heavy (non-hydrogen) atoms. The summed E-state index contributed by atoms with van der Waals surface area (Å²) in [7, 11) is 4.07. The van der Waals surface area contributed by atoms with Gasteiger partial charge in [-0.3, -0.25) is 4.79 Å². The van der Waals surface area contributed by atoms with Gasteiger partial charge in [-0.05, 0) is 50.5 Å². The van der Waals surface area contributed by atoms with E-state index in [1.165, 1.54) is 4.88 Å². The summed E-state index contributed by atoms with van der Waals surface area (Å²) < 4.78 is 2.06. The van der Waals surface area contributed by atoms with Crippen LogP contribution in [0.1, 0.15) is 46.0 Å². The highest BCUT2D eigenvalue weighted by atomic mass is 32.1. The van der Waals surface area contributed by atoms with E-state index in [-0.39, 0.29) is 11.9 Å². The van der Waals surface area contributed by atoms with Gasteiger partial charge in [0.1, 0.15) is 5.82 Å². The third-order valence-corrected chi connectivity index (χ3v) is 5.66. The quantitative estimate of drug-likeness (QED) is 0.739. The molecule has 1 unspecified atom stereocenters. The summed E-state index contributed by atoms with van der Waals surface area (Å²) in [6, 6.07) is 10.2. The minimum Gasteiger partial charge on any atom is -0.349 e. The Morgan fingerprint density at radius 2 is 2.20 bits per heavy atom. The normalized spacial score (nSPS) is 15.6. The van der Waals surface area contributed by atoms with E-state index < -0.39 is 0 Å². The molecule has 5 nitrogen and oxygen atoms in total. The van der Waals surface area contributed by atoms with Gasteiger partial charge in [-0.2, -0.15) is 0 Å². The molecule has 0 spiro atoms. The number of rotatable bonds is 6. The Hall–Kier alpha value is -2.18. The highest BCUT2D eigenvalue weighted by molar-refractivity contribution is 7.10. The first-order chi connectivity index (χ1) is 12.1. The molecular weight excluding hydrogens is 332 g/mol. The minimum atomic E-state index is -0.0981. The molecule has 1 aliphatic rings. The zero-order valence-electron chi connectivity index (χ0n) is 14.5. The molecule has 1 saturated carbocycles. The van der Waals surface area contributed by atoms with E-state index in [4.69, 9.17) is 0 Å². The van der Waals surface area contributed by atoms with Crippen molar-refractivity contribution in [2.45, 2.75) is 24.8 Å². The number of nitrogens with one attached hydrogen (secondary N) is 1. The first-order valence-corrected chi connectivity index (χ1v) is 9.48. The summed E-state index contributed by atoms with van der Waals surface area (Å²) in [6.45, 7) is 0.566. The van der Waals surface area contributed by atoms with Crippen LogP contribution >= 0.6 is 11.3 Å². The van der Waals surface area contributed by atoms with E-state index in [2.05, 4.69) is 31.0 Å². The predicted molar refractivity (Wildman–Crippen MR) is 100 cm³/mol. The van der Waals surface area contributed by atoms with Crippen LogP contribution in [-0.2, 0) is 0 Å². The van der Waals surface area contributed by atoms with Crippen LogP contribution in [0.3, 0.4) is 0 Å². The molecule has 0 aromatic carbocycles. The van der Waals surface area contributed by atoms with Crippen LogP contribution in [0.4, 0.5) is 0 Å². The van der Waals surface area contributed by atoms with Crippen LogP contribution in [0.5, 0.6) is 0 Å². The van der Waals surface area contributed by atoms with Gasteiger partial charge in [0.15, 0.2) is 5.69 Å². The van der Waals surface area contributed by atoms with Crippen molar-refractivity contribution in [1.82, 2.24) is 19.6 Å². The number of likely N-dealkylation sites (N-methyl/N-ethyl adjacent to an activating group) is 1. The second-order valence-corrected chi connectivity index (χ2v) is 7.73. The number of amides is 1. The Morgan fingerprint density at radius 1 is 1.36 bits per heavy atom. The van der Waals surface area contributed by atoms with Crippen molar-refractivity contribution in [2.24, 2.45) is 0 Å². The van der Waals surface area contributed by atoms with Gasteiger partial charge in [-0.1, -0.05) is 12.1 Å². The van der Waals surface area contributed by atoms with Crippen molar-refractivity contribution in [1.29, 1.82) is 0 Å². The number of carbonyl (C=O) groups excluding carboxylic acids is 1. The minimum absolute atomic E-state index is 0.0981. The monoisotopic (exact) mass is 354 g/mol. The van der Waals surface area contributed by atoms with E-state index in [1.807, 2.05) is 44.6 Å². The number of imidazole rings is 1. The maximum atomic E-state index is 12.8. The summed E-state index contributed by atoms with van der Waals surface area (Å²) in [4.78, 5) is 20.9. The van der Waals surface area contributed by atoms with Gasteiger partial charge in [0, 0.05) is 23.5 Å². The van der Waals surface area contributed by atoms with Crippen molar-refractivity contribution in [3.05, 3.63) is 58.3 Å². The molecule has 3 aromatic heterocycles. The van der Waals surface area contributed by atoms with Crippen molar-refractivity contribution in [3.8, 4) is 0 Å². The molecule has 0 aliphatic heterocycles. The fraction of sp³-hybridized carbons (Fsp3) is 0.368. The van der Waals surface area contributed by atoms with Gasteiger partial charge in [0.25, 0.3) is 5.91 Å². The maximum Gasteiger partial charge on any atom is 0.272 e. The summed E-state index contributed by atoms with van der Waals surface area (Å²) in [5, 5.41) is 5.15. The van der Waals surface area contributed by atoms with Gasteiger partial charge >= 0.3 is 0 Å². The second kappa shape index (κ2) is 6.61. The lowest BCUT2D eigenvalue weighted by Gasteiger charge is -2.23. The number of aromatic nitrogens is 2. The van der Waals surface area contributed by atoms with Crippen LogP contribution in [0.25, 0.3) is 5.52 Å². The van der Waals surface area contributed by atoms with E-state index in [9.17, 15) is 4.79 Å². The van der Waals surface area contributed by atoms with E-state index in [1.54, 1.807) is 11.3 Å². The Kier molecular flexibility index (Phi) is 4.31. The number of pyridine rings is 1. The van der Waals surface area contributed by atoms with Crippen LogP contribution in [-0.4, -0.2) is 40.8 Å². The lowest BCUT2D eigenvalue weighted by Crippen LogP contribution is -2.34. The van der Waals surface area contributed by atoms with Crippen molar-refractivity contribution < 1.29 is 4.79 Å². The molecular formula is C19H22N4OS. The summed E-state index contributed by atoms with van der Waals surface area (Å²) in [6.07, 6.45) is 4.33.